The molecule has 3 rings (SSSR count). The molecule has 2 aromatic rings. The van der Waals surface area contributed by atoms with Gasteiger partial charge in [-0.05, 0) is 48.9 Å². The summed E-state index contributed by atoms with van der Waals surface area (Å²) in [6, 6.07) is 14.9. The van der Waals surface area contributed by atoms with Crippen molar-refractivity contribution in [2.45, 2.75) is 70.4 Å². The summed E-state index contributed by atoms with van der Waals surface area (Å²) in [7, 11) is 0. The first-order valence-corrected chi connectivity index (χ1v) is 12.3. The molecular weight excluding hydrogens is 443 g/mol. The molecule has 0 saturated heterocycles. The smallest absolute Gasteiger partial charge is 0.243 e. The zero-order valence-electron chi connectivity index (χ0n) is 18.7. The van der Waals surface area contributed by atoms with Crippen LogP contribution in [0.3, 0.4) is 0 Å². The number of amides is 2. The van der Waals surface area contributed by atoms with Crippen molar-refractivity contribution in [3.63, 3.8) is 0 Å². The number of hydrogen-bond acceptors (Lipinski definition) is 2. The van der Waals surface area contributed by atoms with Gasteiger partial charge in [-0.2, -0.15) is 0 Å². The third-order valence-electron chi connectivity index (χ3n) is 6.18. The molecule has 0 spiro atoms. The number of halogens is 2. The van der Waals surface area contributed by atoms with Gasteiger partial charge in [-0.3, -0.25) is 9.59 Å². The molecule has 172 valence electrons. The van der Waals surface area contributed by atoms with E-state index in [1.807, 2.05) is 37.3 Å². The summed E-state index contributed by atoms with van der Waals surface area (Å²) in [5.74, 6) is -0.154. The Balaban J connectivity index is 1.76. The Morgan fingerprint density at radius 3 is 2.44 bits per heavy atom. The fraction of sp³-hybridized carbons (Fsp3) is 0.462. The third-order valence-corrected chi connectivity index (χ3v) is 6.77. The highest BCUT2D eigenvalue weighted by Crippen LogP contribution is 2.23. The van der Waals surface area contributed by atoms with Crippen LogP contribution in [0.25, 0.3) is 0 Å². The largest absolute Gasteiger partial charge is 0.352 e. The molecule has 1 aliphatic carbocycles. The van der Waals surface area contributed by atoms with Gasteiger partial charge in [0.25, 0.3) is 0 Å². The fourth-order valence-electron chi connectivity index (χ4n) is 4.37. The van der Waals surface area contributed by atoms with Crippen LogP contribution in [-0.2, 0) is 22.4 Å². The van der Waals surface area contributed by atoms with Crippen molar-refractivity contribution in [1.29, 1.82) is 0 Å². The highest BCUT2D eigenvalue weighted by molar-refractivity contribution is 6.35. The van der Waals surface area contributed by atoms with E-state index < -0.39 is 6.04 Å². The molecule has 32 heavy (non-hydrogen) atoms. The van der Waals surface area contributed by atoms with E-state index in [0.29, 0.717) is 35.0 Å². The van der Waals surface area contributed by atoms with Gasteiger partial charge < -0.3 is 10.2 Å². The maximum Gasteiger partial charge on any atom is 0.243 e. The molecule has 1 aliphatic rings. The fourth-order valence-corrected chi connectivity index (χ4v) is 4.85. The van der Waals surface area contributed by atoms with Crippen LogP contribution in [0.2, 0.25) is 10.0 Å². The molecule has 1 N–H and O–H groups in total. The van der Waals surface area contributed by atoms with Crippen molar-refractivity contribution in [3.8, 4) is 0 Å². The lowest BCUT2D eigenvalue weighted by Crippen LogP contribution is -2.52. The molecule has 1 saturated carbocycles. The molecule has 0 aromatic heterocycles. The first kappa shape index (κ1) is 24.6. The van der Waals surface area contributed by atoms with E-state index in [4.69, 9.17) is 23.2 Å². The third kappa shape index (κ3) is 6.98. The summed E-state index contributed by atoms with van der Waals surface area (Å²) < 4.78 is 0. The van der Waals surface area contributed by atoms with Crippen molar-refractivity contribution in [3.05, 3.63) is 69.7 Å². The number of benzene rings is 2. The number of nitrogens with zero attached hydrogens (tertiary/aromatic N) is 1. The second-order valence-electron chi connectivity index (χ2n) is 8.50. The van der Waals surface area contributed by atoms with E-state index in [1.54, 1.807) is 23.1 Å². The Bertz CT molecular complexity index is 898. The molecule has 2 amide bonds. The van der Waals surface area contributed by atoms with Crippen LogP contribution in [-0.4, -0.2) is 35.3 Å². The molecule has 0 heterocycles. The van der Waals surface area contributed by atoms with Crippen molar-refractivity contribution in [2.24, 2.45) is 0 Å². The SMILES string of the molecule is CC[C@H](C(=O)NC1CCCCC1)N(CCc1ccccc1)C(=O)Cc1ccc(Cl)cc1Cl. The standard InChI is InChI=1S/C26H32Cl2N2O2/c1-2-24(26(32)29-22-11-7-4-8-12-22)30(16-15-19-9-5-3-6-10-19)25(31)17-20-13-14-21(27)18-23(20)28/h3,5-6,9-10,13-14,18,22,24H,2,4,7-8,11-12,15-17H2,1H3,(H,29,32)/t24-/m1/s1. The van der Waals surface area contributed by atoms with E-state index in [0.717, 1.165) is 31.2 Å². The zero-order valence-corrected chi connectivity index (χ0v) is 20.2. The predicted molar refractivity (Wildman–Crippen MR) is 131 cm³/mol. The quantitative estimate of drug-likeness (QED) is 0.496. The molecule has 6 heteroatoms. The van der Waals surface area contributed by atoms with Gasteiger partial charge in [-0.25, -0.2) is 0 Å². The van der Waals surface area contributed by atoms with Gasteiger partial charge in [-0.15, -0.1) is 0 Å². The van der Waals surface area contributed by atoms with Crippen molar-refractivity contribution >= 4 is 35.0 Å². The second kappa shape index (κ2) is 12.3. The lowest BCUT2D eigenvalue weighted by atomic mass is 9.95. The zero-order chi connectivity index (χ0) is 22.9. The van der Waals surface area contributed by atoms with E-state index in [-0.39, 0.29) is 24.3 Å². The Morgan fingerprint density at radius 2 is 1.78 bits per heavy atom. The van der Waals surface area contributed by atoms with E-state index in [2.05, 4.69) is 5.32 Å². The minimum absolute atomic E-state index is 0.0528. The maximum atomic E-state index is 13.4. The van der Waals surface area contributed by atoms with Gasteiger partial charge in [0.05, 0.1) is 6.42 Å². The highest BCUT2D eigenvalue weighted by Gasteiger charge is 2.30. The summed E-state index contributed by atoms with van der Waals surface area (Å²) in [6.45, 7) is 2.44. The molecule has 1 fully saturated rings. The Labute approximate surface area is 201 Å². The first-order valence-electron chi connectivity index (χ1n) is 11.6. The number of carbonyl (C=O) groups excluding carboxylic acids is 2. The summed E-state index contributed by atoms with van der Waals surface area (Å²) in [5.41, 5.74) is 1.85. The van der Waals surface area contributed by atoms with Crippen molar-refractivity contribution < 1.29 is 9.59 Å². The highest BCUT2D eigenvalue weighted by atomic mass is 35.5. The minimum Gasteiger partial charge on any atom is -0.352 e. The second-order valence-corrected chi connectivity index (χ2v) is 9.35. The van der Waals surface area contributed by atoms with Crippen molar-refractivity contribution in [2.75, 3.05) is 6.54 Å². The summed E-state index contributed by atoms with van der Waals surface area (Å²) in [4.78, 5) is 28.4. The molecule has 0 unspecified atom stereocenters. The van der Waals surface area contributed by atoms with Crippen LogP contribution >= 0.6 is 23.2 Å². The lowest BCUT2D eigenvalue weighted by molar-refractivity contribution is -0.140. The summed E-state index contributed by atoms with van der Waals surface area (Å²) in [5, 5.41) is 4.21. The van der Waals surface area contributed by atoms with Gasteiger partial charge in [-0.1, -0.05) is 85.8 Å². The molecule has 0 aliphatic heterocycles. The van der Waals surface area contributed by atoms with E-state index in [1.165, 1.54) is 6.42 Å². The van der Waals surface area contributed by atoms with E-state index >= 15 is 0 Å². The Kier molecular flexibility index (Phi) is 9.43. The minimum atomic E-state index is -0.501. The average molecular weight is 475 g/mol. The molecule has 4 nitrogen and oxygen atoms in total. The first-order chi connectivity index (χ1) is 15.5. The molecule has 0 bridgehead atoms. The van der Waals surface area contributed by atoms with Crippen LogP contribution in [0.1, 0.15) is 56.6 Å². The molecular formula is C26H32Cl2N2O2. The van der Waals surface area contributed by atoms with Crippen LogP contribution in [0.15, 0.2) is 48.5 Å². The monoisotopic (exact) mass is 474 g/mol. The maximum absolute atomic E-state index is 13.4. The lowest BCUT2D eigenvalue weighted by Gasteiger charge is -2.33. The number of rotatable bonds is 9. The molecule has 1 atom stereocenters. The predicted octanol–water partition coefficient (Wildman–Crippen LogP) is 5.83. The molecule has 0 radical (unpaired) electrons. The van der Waals surface area contributed by atoms with Crippen LogP contribution in [0.5, 0.6) is 0 Å². The van der Waals surface area contributed by atoms with Gasteiger partial charge in [0.1, 0.15) is 6.04 Å². The normalized spacial score (nSPS) is 15.2. The van der Waals surface area contributed by atoms with Gasteiger partial charge in [0.15, 0.2) is 0 Å². The van der Waals surface area contributed by atoms with Gasteiger partial charge in [0, 0.05) is 22.6 Å². The number of nitrogens with one attached hydrogen (secondary N) is 1. The Morgan fingerprint density at radius 1 is 1.06 bits per heavy atom. The Hall–Kier alpha value is -2.04. The van der Waals surface area contributed by atoms with Crippen molar-refractivity contribution in [1.82, 2.24) is 10.2 Å². The van der Waals surface area contributed by atoms with Crippen LogP contribution in [0, 0.1) is 0 Å². The topological polar surface area (TPSA) is 49.4 Å². The van der Waals surface area contributed by atoms with Gasteiger partial charge in [0.2, 0.25) is 11.8 Å². The number of carbonyl (C=O) groups is 2. The van der Waals surface area contributed by atoms with Gasteiger partial charge >= 0.3 is 0 Å². The number of hydrogen-bond donors (Lipinski definition) is 1. The van der Waals surface area contributed by atoms with E-state index in [9.17, 15) is 9.59 Å². The van der Waals surface area contributed by atoms with Crippen LogP contribution in [0.4, 0.5) is 0 Å². The summed E-state index contributed by atoms with van der Waals surface area (Å²) in [6.07, 6.45) is 6.94. The molecule has 2 aromatic carbocycles. The average Bonchev–Trinajstić information content (AvgIpc) is 2.79. The summed E-state index contributed by atoms with van der Waals surface area (Å²) >= 11 is 12.3. The van der Waals surface area contributed by atoms with Crippen LogP contribution < -0.4 is 5.32 Å².